The molecule has 0 N–H and O–H groups in total. The van der Waals surface area contributed by atoms with E-state index in [0.717, 1.165) is 30.9 Å². The molecule has 24 heavy (non-hydrogen) atoms. The van der Waals surface area contributed by atoms with Crippen LogP contribution >= 0.6 is 0 Å². The minimum absolute atomic E-state index is 0.261. The number of benzene rings is 2. The lowest BCUT2D eigenvalue weighted by Gasteiger charge is -2.31. The van der Waals surface area contributed by atoms with Gasteiger partial charge in [0.15, 0.2) is 5.58 Å². The van der Waals surface area contributed by atoms with Crippen molar-refractivity contribution in [3.05, 3.63) is 70.7 Å². The van der Waals surface area contributed by atoms with E-state index >= 15 is 0 Å². The molecule has 0 spiro atoms. The number of nitrogens with zero attached hydrogens (tertiary/aromatic N) is 2. The quantitative estimate of drug-likeness (QED) is 0.738. The third-order valence-electron chi connectivity index (χ3n) is 4.99. The fourth-order valence-corrected chi connectivity index (χ4v) is 3.63. The van der Waals surface area contributed by atoms with Crippen LogP contribution in [0.25, 0.3) is 11.1 Å². The summed E-state index contributed by atoms with van der Waals surface area (Å²) in [5, 5.41) is 0. The number of rotatable bonds is 4. The van der Waals surface area contributed by atoms with Gasteiger partial charge in [0.05, 0.1) is 12.2 Å². The van der Waals surface area contributed by atoms with Crippen LogP contribution in [0.15, 0.2) is 63.8 Å². The maximum absolute atomic E-state index is 12.1. The summed E-state index contributed by atoms with van der Waals surface area (Å²) >= 11 is 0. The molecule has 4 rings (SSSR count). The molecule has 0 unspecified atom stereocenters. The third kappa shape index (κ3) is 3.15. The Morgan fingerprint density at radius 1 is 0.958 bits per heavy atom. The van der Waals surface area contributed by atoms with Crippen molar-refractivity contribution in [3.8, 4) is 0 Å². The molecule has 124 valence electrons. The smallest absolute Gasteiger partial charge is 0.408 e. The highest BCUT2D eigenvalue weighted by molar-refractivity contribution is 5.72. The van der Waals surface area contributed by atoms with E-state index in [9.17, 15) is 4.79 Å². The highest BCUT2D eigenvalue weighted by Gasteiger charge is 2.21. The largest absolute Gasteiger partial charge is 0.421 e. The monoisotopic (exact) mass is 322 g/mol. The lowest BCUT2D eigenvalue weighted by atomic mass is 9.90. The molecule has 0 radical (unpaired) electrons. The second kappa shape index (κ2) is 6.65. The topological polar surface area (TPSA) is 38.4 Å². The van der Waals surface area contributed by atoms with Gasteiger partial charge in [0.1, 0.15) is 0 Å². The molecule has 3 aromatic rings. The van der Waals surface area contributed by atoms with Crippen LogP contribution < -0.4 is 5.76 Å². The Kier molecular flexibility index (Phi) is 4.22. The standard InChI is InChI=1S/C20H22N2O2/c23-20-22(18-8-4-5-9-19(18)24-20)15-21-12-10-17(11-13-21)14-16-6-2-1-3-7-16/h1-9,17H,10-15H2. The van der Waals surface area contributed by atoms with E-state index in [1.165, 1.54) is 18.4 Å². The van der Waals surface area contributed by atoms with E-state index in [0.29, 0.717) is 12.3 Å². The zero-order chi connectivity index (χ0) is 16.4. The highest BCUT2D eigenvalue weighted by atomic mass is 16.4. The fourth-order valence-electron chi connectivity index (χ4n) is 3.63. The highest BCUT2D eigenvalue weighted by Crippen LogP contribution is 2.22. The number of piperidine rings is 1. The van der Waals surface area contributed by atoms with Gasteiger partial charge >= 0.3 is 5.76 Å². The summed E-state index contributed by atoms with van der Waals surface area (Å²) in [6, 6.07) is 18.3. The van der Waals surface area contributed by atoms with Crippen LogP contribution in [-0.2, 0) is 13.1 Å². The first-order valence-electron chi connectivity index (χ1n) is 8.64. The summed E-state index contributed by atoms with van der Waals surface area (Å²) in [5.41, 5.74) is 2.98. The van der Waals surface area contributed by atoms with Gasteiger partial charge in [-0.2, -0.15) is 0 Å². The Morgan fingerprint density at radius 2 is 1.67 bits per heavy atom. The van der Waals surface area contributed by atoms with Gasteiger partial charge in [-0.05, 0) is 42.9 Å². The zero-order valence-electron chi connectivity index (χ0n) is 13.7. The molecule has 1 saturated heterocycles. The Balaban J connectivity index is 1.39. The third-order valence-corrected chi connectivity index (χ3v) is 4.99. The Hall–Kier alpha value is -2.33. The summed E-state index contributed by atoms with van der Waals surface area (Å²) < 4.78 is 7.06. The molecule has 1 aliphatic heterocycles. The van der Waals surface area contributed by atoms with Crippen molar-refractivity contribution in [2.75, 3.05) is 13.1 Å². The van der Waals surface area contributed by atoms with E-state index in [1.54, 1.807) is 4.57 Å². The number of hydrogen-bond acceptors (Lipinski definition) is 3. The second-order valence-electron chi connectivity index (χ2n) is 6.66. The molecular formula is C20H22N2O2. The van der Waals surface area contributed by atoms with E-state index in [1.807, 2.05) is 24.3 Å². The first kappa shape index (κ1) is 15.2. The number of para-hydroxylation sites is 2. The molecule has 0 aliphatic carbocycles. The number of oxazole rings is 1. The molecule has 1 aliphatic rings. The molecule has 2 aromatic carbocycles. The zero-order valence-corrected chi connectivity index (χ0v) is 13.7. The molecule has 0 amide bonds. The van der Waals surface area contributed by atoms with Gasteiger partial charge in [-0.3, -0.25) is 9.47 Å². The van der Waals surface area contributed by atoms with E-state index < -0.39 is 0 Å². The number of aromatic nitrogens is 1. The van der Waals surface area contributed by atoms with Gasteiger partial charge in [-0.15, -0.1) is 0 Å². The van der Waals surface area contributed by atoms with Crippen LogP contribution in [0.2, 0.25) is 0 Å². The van der Waals surface area contributed by atoms with Crippen LogP contribution in [0.5, 0.6) is 0 Å². The average molecular weight is 322 g/mol. The van der Waals surface area contributed by atoms with Gasteiger partial charge in [-0.25, -0.2) is 4.79 Å². The first-order chi connectivity index (χ1) is 11.8. The second-order valence-corrected chi connectivity index (χ2v) is 6.66. The molecule has 4 heteroatoms. The van der Waals surface area contributed by atoms with Crippen molar-refractivity contribution in [1.29, 1.82) is 0 Å². The Bertz CT molecular complexity index is 858. The van der Waals surface area contributed by atoms with Crippen molar-refractivity contribution in [1.82, 2.24) is 9.47 Å². The molecule has 0 atom stereocenters. The minimum Gasteiger partial charge on any atom is -0.408 e. The van der Waals surface area contributed by atoms with Gasteiger partial charge < -0.3 is 4.42 Å². The SMILES string of the molecule is O=c1oc2ccccc2n1CN1CCC(Cc2ccccc2)CC1. The maximum Gasteiger partial charge on any atom is 0.421 e. The predicted octanol–water partition coefficient (Wildman–Crippen LogP) is 3.51. The number of hydrogen-bond donors (Lipinski definition) is 0. The van der Waals surface area contributed by atoms with Gasteiger partial charge in [0.25, 0.3) is 0 Å². The van der Waals surface area contributed by atoms with Crippen LogP contribution in [0.4, 0.5) is 0 Å². The predicted molar refractivity (Wildman–Crippen MR) is 94.9 cm³/mol. The molecule has 4 nitrogen and oxygen atoms in total. The summed E-state index contributed by atoms with van der Waals surface area (Å²) in [5.74, 6) is 0.476. The number of fused-ring (bicyclic) bond motifs is 1. The van der Waals surface area contributed by atoms with E-state index in [4.69, 9.17) is 4.42 Å². The van der Waals surface area contributed by atoms with Crippen LogP contribution in [0, 0.1) is 5.92 Å². The molecule has 1 aromatic heterocycles. The Morgan fingerprint density at radius 3 is 2.46 bits per heavy atom. The minimum atomic E-state index is -0.261. The molecule has 2 heterocycles. The van der Waals surface area contributed by atoms with Gasteiger partial charge in [0, 0.05) is 13.1 Å². The van der Waals surface area contributed by atoms with Crippen LogP contribution in [0.3, 0.4) is 0 Å². The molecule has 1 fully saturated rings. The lowest BCUT2D eigenvalue weighted by molar-refractivity contribution is 0.145. The average Bonchev–Trinajstić information content (AvgIpc) is 2.93. The molecular weight excluding hydrogens is 300 g/mol. The summed E-state index contributed by atoms with van der Waals surface area (Å²) in [4.78, 5) is 14.4. The molecule has 0 saturated carbocycles. The normalized spacial score (nSPS) is 16.7. The van der Waals surface area contributed by atoms with Crippen LogP contribution in [0.1, 0.15) is 18.4 Å². The summed E-state index contributed by atoms with van der Waals surface area (Å²) in [7, 11) is 0. The summed E-state index contributed by atoms with van der Waals surface area (Å²) in [6.07, 6.45) is 3.52. The number of likely N-dealkylation sites (tertiary alicyclic amines) is 1. The molecule has 0 bridgehead atoms. The van der Waals surface area contributed by atoms with Gasteiger partial charge in [-0.1, -0.05) is 42.5 Å². The van der Waals surface area contributed by atoms with Crippen molar-refractivity contribution in [2.24, 2.45) is 5.92 Å². The van der Waals surface area contributed by atoms with Crippen molar-refractivity contribution < 1.29 is 4.42 Å². The summed E-state index contributed by atoms with van der Waals surface area (Å²) in [6.45, 7) is 2.68. The maximum atomic E-state index is 12.1. The fraction of sp³-hybridized carbons (Fsp3) is 0.350. The van der Waals surface area contributed by atoms with Crippen molar-refractivity contribution >= 4 is 11.1 Å². The van der Waals surface area contributed by atoms with Gasteiger partial charge in [0.2, 0.25) is 0 Å². The van der Waals surface area contributed by atoms with E-state index in [-0.39, 0.29) is 5.76 Å². The van der Waals surface area contributed by atoms with Crippen LogP contribution in [-0.4, -0.2) is 22.6 Å². The van der Waals surface area contributed by atoms with Crippen molar-refractivity contribution in [3.63, 3.8) is 0 Å². The first-order valence-corrected chi connectivity index (χ1v) is 8.64. The van der Waals surface area contributed by atoms with E-state index in [2.05, 4.69) is 35.2 Å². The van der Waals surface area contributed by atoms with Crippen molar-refractivity contribution in [2.45, 2.75) is 25.9 Å². The lowest BCUT2D eigenvalue weighted by Crippen LogP contribution is -2.37. The Labute approximate surface area is 141 Å².